The van der Waals surface area contributed by atoms with E-state index in [1.54, 1.807) is 24.1 Å². The molecule has 1 rings (SSSR count). The molecule has 18 heavy (non-hydrogen) atoms. The van der Waals surface area contributed by atoms with Gasteiger partial charge in [-0.3, -0.25) is 9.69 Å². The highest BCUT2D eigenvalue weighted by molar-refractivity contribution is 5.90. The third-order valence-electron chi connectivity index (χ3n) is 2.72. The first-order valence-electron chi connectivity index (χ1n) is 6.17. The highest BCUT2D eigenvalue weighted by Gasteiger charge is 2.11. The Morgan fingerprint density at radius 1 is 1.50 bits per heavy atom. The lowest BCUT2D eigenvalue weighted by molar-refractivity contribution is -0.116. The molecular formula is C15H20N2O. The smallest absolute Gasteiger partial charge is 0.225 e. The first kappa shape index (κ1) is 14.2. The quantitative estimate of drug-likeness (QED) is 0.743. The van der Waals surface area contributed by atoms with Crippen LogP contribution >= 0.6 is 0 Å². The number of hydrogen-bond acceptors (Lipinski definition) is 2. The number of amides is 1. The topological polar surface area (TPSA) is 33.2 Å². The summed E-state index contributed by atoms with van der Waals surface area (Å²) in [4.78, 5) is 17.6. The minimum Gasteiger partial charge on any atom is -0.297 e. The van der Waals surface area contributed by atoms with Gasteiger partial charge in [0.25, 0.3) is 0 Å². The third-order valence-corrected chi connectivity index (χ3v) is 2.72. The predicted octanol–water partition coefficient (Wildman–Crippen LogP) is 3.43. The lowest BCUT2D eigenvalue weighted by atomic mass is 10.1. The Morgan fingerprint density at radius 3 is 2.61 bits per heavy atom. The van der Waals surface area contributed by atoms with Crippen LogP contribution in [0.25, 0.3) is 5.57 Å². The Hall–Kier alpha value is -1.90. The highest BCUT2D eigenvalue weighted by Crippen LogP contribution is 2.18. The van der Waals surface area contributed by atoms with Crippen molar-refractivity contribution in [2.45, 2.75) is 27.2 Å². The van der Waals surface area contributed by atoms with Crippen LogP contribution in [0.1, 0.15) is 32.8 Å². The summed E-state index contributed by atoms with van der Waals surface area (Å²) < 4.78 is 0. The van der Waals surface area contributed by atoms with Crippen molar-refractivity contribution in [3.63, 3.8) is 0 Å². The second kappa shape index (κ2) is 6.74. The van der Waals surface area contributed by atoms with Gasteiger partial charge in [0.1, 0.15) is 5.82 Å². The van der Waals surface area contributed by atoms with Crippen LogP contribution in [0.15, 0.2) is 37.1 Å². The van der Waals surface area contributed by atoms with Crippen molar-refractivity contribution in [3.05, 3.63) is 42.6 Å². The summed E-state index contributed by atoms with van der Waals surface area (Å²) in [5.74, 6) is 0.722. The van der Waals surface area contributed by atoms with Gasteiger partial charge in [0.15, 0.2) is 0 Å². The van der Waals surface area contributed by atoms with Crippen LogP contribution in [0.4, 0.5) is 5.82 Å². The first-order chi connectivity index (χ1) is 8.63. The monoisotopic (exact) mass is 244 g/mol. The van der Waals surface area contributed by atoms with Crippen molar-refractivity contribution >= 4 is 17.3 Å². The molecule has 0 saturated heterocycles. The molecule has 0 radical (unpaired) electrons. The van der Waals surface area contributed by atoms with Crippen LogP contribution in [0.3, 0.4) is 0 Å². The Morgan fingerprint density at radius 2 is 2.22 bits per heavy atom. The standard InChI is InChI=1S/C15H20N2O/c1-5-10-17(12(4)18)15-9-8-14(11-16-15)13(6-2)7-3/h6-9,11H,2,5,10H2,1,3-4H3/b13-7+. The summed E-state index contributed by atoms with van der Waals surface area (Å²) in [7, 11) is 0. The van der Waals surface area contributed by atoms with Gasteiger partial charge in [-0.1, -0.05) is 25.7 Å². The number of carbonyl (C=O) groups excluding carboxylic acids is 1. The van der Waals surface area contributed by atoms with Crippen molar-refractivity contribution in [1.82, 2.24) is 4.98 Å². The second-order valence-electron chi connectivity index (χ2n) is 4.02. The molecule has 1 amide bonds. The molecule has 0 N–H and O–H groups in total. The first-order valence-corrected chi connectivity index (χ1v) is 6.17. The van der Waals surface area contributed by atoms with Gasteiger partial charge in [0.2, 0.25) is 5.91 Å². The second-order valence-corrected chi connectivity index (χ2v) is 4.02. The minimum absolute atomic E-state index is 0.0204. The molecule has 3 nitrogen and oxygen atoms in total. The van der Waals surface area contributed by atoms with Crippen LogP contribution in [-0.2, 0) is 4.79 Å². The molecule has 96 valence electrons. The fraction of sp³-hybridized carbons (Fsp3) is 0.333. The van der Waals surface area contributed by atoms with E-state index in [0.29, 0.717) is 12.4 Å². The van der Waals surface area contributed by atoms with Gasteiger partial charge in [-0.2, -0.15) is 0 Å². The summed E-state index contributed by atoms with van der Waals surface area (Å²) in [5, 5.41) is 0. The fourth-order valence-corrected chi connectivity index (χ4v) is 1.78. The van der Waals surface area contributed by atoms with E-state index >= 15 is 0 Å². The van der Waals surface area contributed by atoms with Gasteiger partial charge in [-0.25, -0.2) is 4.98 Å². The number of nitrogens with zero attached hydrogens (tertiary/aromatic N) is 2. The lowest BCUT2D eigenvalue weighted by Gasteiger charge is -2.19. The molecule has 0 saturated carbocycles. The molecule has 0 atom stereocenters. The molecule has 0 bridgehead atoms. The number of aromatic nitrogens is 1. The molecule has 0 aliphatic rings. The molecule has 0 aliphatic carbocycles. The Kier molecular flexibility index (Phi) is 5.31. The van der Waals surface area contributed by atoms with Crippen LogP contribution in [0, 0.1) is 0 Å². The van der Waals surface area contributed by atoms with Gasteiger partial charge >= 0.3 is 0 Å². The molecule has 0 unspecified atom stereocenters. The molecule has 0 fully saturated rings. The van der Waals surface area contributed by atoms with Crippen molar-refractivity contribution < 1.29 is 4.79 Å². The van der Waals surface area contributed by atoms with E-state index in [1.807, 2.05) is 32.1 Å². The molecule has 0 aliphatic heterocycles. The molecule has 1 aromatic heterocycles. The number of pyridine rings is 1. The van der Waals surface area contributed by atoms with E-state index in [0.717, 1.165) is 17.6 Å². The Bertz CT molecular complexity index is 446. The maximum atomic E-state index is 11.5. The molecule has 1 aromatic rings. The zero-order valence-corrected chi connectivity index (χ0v) is 11.3. The summed E-state index contributed by atoms with van der Waals surface area (Å²) in [6.07, 6.45) is 6.47. The van der Waals surface area contributed by atoms with Gasteiger partial charge in [0.05, 0.1) is 0 Å². The average molecular weight is 244 g/mol. The Labute approximate surface area is 109 Å². The molecule has 0 aromatic carbocycles. The SMILES string of the molecule is C=C/C(=C\C)c1ccc(N(CCC)C(C)=O)nc1. The average Bonchev–Trinajstić information content (AvgIpc) is 2.38. The lowest BCUT2D eigenvalue weighted by Crippen LogP contribution is -2.29. The van der Waals surface area contributed by atoms with E-state index in [-0.39, 0.29) is 5.91 Å². The normalized spacial score (nSPS) is 11.2. The van der Waals surface area contributed by atoms with Crippen LogP contribution in [0.5, 0.6) is 0 Å². The van der Waals surface area contributed by atoms with Crippen molar-refractivity contribution in [2.24, 2.45) is 0 Å². The Balaban J connectivity index is 3.00. The highest BCUT2D eigenvalue weighted by atomic mass is 16.2. The van der Waals surface area contributed by atoms with Crippen molar-refractivity contribution in [3.8, 4) is 0 Å². The summed E-state index contributed by atoms with van der Waals surface area (Å²) >= 11 is 0. The minimum atomic E-state index is 0.0204. The maximum Gasteiger partial charge on any atom is 0.225 e. The summed E-state index contributed by atoms with van der Waals surface area (Å²) in [6, 6.07) is 3.84. The van der Waals surface area contributed by atoms with E-state index in [4.69, 9.17) is 0 Å². The van der Waals surface area contributed by atoms with Crippen molar-refractivity contribution in [1.29, 1.82) is 0 Å². The zero-order valence-electron chi connectivity index (χ0n) is 11.3. The van der Waals surface area contributed by atoms with E-state index < -0.39 is 0 Å². The molecular weight excluding hydrogens is 224 g/mol. The molecule has 0 spiro atoms. The van der Waals surface area contributed by atoms with E-state index in [2.05, 4.69) is 11.6 Å². The predicted molar refractivity (Wildman–Crippen MR) is 76.4 cm³/mol. The van der Waals surface area contributed by atoms with Gasteiger partial charge in [-0.05, 0) is 36.6 Å². The fourth-order valence-electron chi connectivity index (χ4n) is 1.78. The number of carbonyl (C=O) groups is 1. The largest absolute Gasteiger partial charge is 0.297 e. The molecule has 3 heteroatoms. The van der Waals surface area contributed by atoms with Crippen LogP contribution < -0.4 is 4.90 Å². The van der Waals surface area contributed by atoms with Gasteiger partial charge in [0, 0.05) is 19.7 Å². The molecule has 1 heterocycles. The number of rotatable bonds is 5. The summed E-state index contributed by atoms with van der Waals surface area (Å²) in [5.41, 5.74) is 2.05. The van der Waals surface area contributed by atoms with Gasteiger partial charge < -0.3 is 0 Å². The third kappa shape index (κ3) is 3.29. The zero-order chi connectivity index (χ0) is 13.5. The number of hydrogen-bond donors (Lipinski definition) is 0. The van der Waals surface area contributed by atoms with Crippen molar-refractivity contribution in [2.75, 3.05) is 11.4 Å². The number of allylic oxidation sites excluding steroid dienone is 3. The summed E-state index contributed by atoms with van der Waals surface area (Å²) in [6.45, 7) is 10.0. The van der Waals surface area contributed by atoms with Gasteiger partial charge in [-0.15, -0.1) is 0 Å². The van der Waals surface area contributed by atoms with E-state index in [9.17, 15) is 4.79 Å². The van der Waals surface area contributed by atoms with Crippen LogP contribution in [-0.4, -0.2) is 17.4 Å². The van der Waals surface area contributed by atoms with E-state index in [1.165, 1.54) is 0 Å². The number of anilines is 1. The van der Waals surface area contributed by atoms with Crippen LogP contribution in [0.2, 0.25) is 0 Å². The maximum absolute atomic E-state index is 11.5.